The van der Waals surface area contributed by atoms with Crippen molar-refractivity contribution in [1.29, 1.82) is 0 Å². The van der Waals surface area contributed by atoms with Gasteiger partial charge in [0, 0.05) is 19.0 Å². The molecule has 0 spiro atoms. The molecule has 21 heavy (non-hydrogen) atoms. The average Bonchev–Trinajstić information content (AvgIpc) is 3.38. The minimum atomic E-state index is -0.174. The number of likely N-dealkylation sites (tertiary alicyclic amines) is 1. The fraction of sp³-hybridized carbons (Fsp3) is 0.529. The Balaban J connectivity index is 1.50. The van der Waals surface area contributed by atoms with Crippen molar-refractivity contribution >= 4 is 11.9 Å². The monoisotopic (exact) mass is 287 g/mol. The number of nitrogens with zero attached hydrogens (tertiary/aromatic N) is 1. The van der Waals surface area contributed by atoms with Crippen molar-refractivity contribution in [2.45, 2.75) is 32.3 Å². The Bertz CT molecular complexity index is 510. The Labute approximate surface area is 125 Å². The molecule has 0 bridgehead atoms. The van der Waals surface area contributed by atoms with E-state index in [-0.39, 0.29) is 23.7 Å². The van der Waals surface area contributed by atoms with Crippen LogP contribution in [0.4, 0.5) is 0 Å². The first kappa shape index (κ1) is 14.1. The van der Waals surface area contributed by atoms with E-state index < -0.39 is 0 Å². The zero-order chi connectivity index (χ0) is 14.7. The molecular weight excluding hydrogens is 266 g/mol. The van der Waals surface area contributed by atoms with E-state index in [1.54, 1.807) is 0 Å². The number of esters is 1. The molecule has 1 aliphatic carbocycles. The second kappa shape index (κ2) is 6.29. The van der Waals surface area contributed by atoms with Gasteiger partial charge < -0.3 is 9.64 Å². The molecule has 4 heteroatoms. The third kappa shape index (κ3) is 3.63. The molecule has 2 fully saturated rings. The van der Waals surface area contributed by atoms with Crippen LogP contribution in [0, 0.1) is 11.8 Å². The van der Waals surface area contributed by atoms with Crippen LogP contribution in [0.3, 0.4) is 0 Å². The van der Waals surface area contributed by atoms with Crippen molar-refractivity contribution < 1.29 is 14.3 Å². The van der Waals surface area contributed by atoms with E-state index in [0.717, 1.165) is 37.8 Å². The highest BCUT2D eigenvalue weighted by Gasteiger charge is 2.37. The van der Waals surface area contributed by atoms with Gasteiger partial charge in [0.25, 0.3) is 0 Å². The van der Waals surface area contributed by atoms with Crippen molar-refractivity contribution in [1.82, 2.24) is 4.90 Å². The maximum absolute atomic E-state index is 12.2. The summed E-state index contributed by atoms with van der Waals surface area (Å²) in [5, 5.41) is 0. The quantitative estimate of drug-likeness (QED) is 0.799. The van der Waals surface area contributed by atoms with Gasteiger partial charge >= 0.3 is 5.97 Å². The van der Waals surface area contributed by atoms with Crippen molar-refractivity contribution in [3.63, 3.8) is 0 Å². The van der Waals surface area contributed by atoms with E-state index in [9.17, 15) is 9.59 Å². The van der Waals surface area contributed by atoms with Crippen LogP contribution in [-0.2, 0) is 20.9 Å². The van der Waals surface area contributed by atoms with Gasteiger partial charge in [0.2, 0.25) is 5.91 Å². The number of benzene rings is 1. The van der Waals surface area contributed by atoms with E-state index in [0.29, 0.717) is 13.2 Å². The highest BCUT2D eigenvalue weighted by atomic mass is 16.5. The molecule has 3 rings (SSSR count). The molecule has 1 aromatic carbocycles. The van der Waals surface area contributed by atoms with Gasteiger partial charge in [-0.3, -0.25) is 9.59 Å². The normalized spacial score (nSPS) is 21.9. The standard InChI is InChI=1S/C17H21NO3/c19-16(14-8-9-14)18-10-4-7-15(11-18)17(20)21-12-13-5-2-1-3-6-13/h1-3,5-6,14-15H,4,7-12H2. The van der Waals surface area contributed by atoms with Gasteiger partial charge in [-0.15, -0.1) is 0 Å². The van der Waals surface area contributed by atoms with Crippen LogP contribution in [0.2, 0.25) is 0 Å². The Hall–Kier alpha value is -1.84. The smallest absolute Gasteiger partial charge is 0.311 e. The van der Waals surface area contributed by atoms with E-state index in [4.69, 9.17) is 4.74 Å². The van der Waals surface area contributed by atoms with Crippen molar-refractivity contribution in [3.8, 4) is 0 Å². The van der Waals surface area contributed by atoms with Gasteiger partial charge in [-0.2, -0.15) is 0 Å². The molecule has 1 amide bonds. The molecule has 0 aromatic heterocycles. The Morgan fingerprint density at radius 3 is 2.57 bits per heavy atom. The molecule has 1 unspecified atom stereocenters. The number of rotatable bonds is 4. The lowest BCUT2D eigenvalue weighted by Gasteiger charge is -2.31. The zero-order valence-electron chi connectivity index (χ0n) is 12.2. The maximum Gasteiger partial charge on any atom is 0.311 e. The van der Waals surface area contributed by atoms with Crippen LogP contribution in [0.25, 0.3) is 0 Å². The molecule has 1 aromatic rings. The lowest BCUT2D eigenvalue weighted by molar-refractivity contribution is -0.153. The Morgan fingerprint density at radius 1 is 1.10 bits per heavy atom. The first-order valence-electron chi connectivity index (χ1n) is 7.73. The van der Waals surface area contributed by atoms with E-state index in [2.05, 4.69) is 0 Å². The second-order valence-corrected chi connectivity index (χ2v) is 5.99. The summed E-state index contributed by atoms with van der Waals surface area (Å²) in [5.41, 5.74) is 0.993. The number of carbonyl (C=O) groups is 2. The Morgan fingerprint density at radius 2 is 1.86 bits per heavy atom. The highest BCUT2D eigenvalue weighted by molar-refractivity contribution is 5.82. The van der Waals surface area contributed by atoms with Gasteiger partial charge in [0.1, 0.15) is 6.61 Å². The fourth-order valence-electron chi connectivity index (χ4n) is 2.80. The summed E-state index contributed by atoms with van der Waals surface area (Å²) in [5.74, 6) is 0.122. The van der Waals surface area contributed by atoms with Crippen LogP contribution in [0.15, 0.2) is 30.3 Å². The summed E-state index contributed by atoms with van der Waals surface area (Å²) in [6.45, 7) is 1.63. The van der Waals surface area contributed by atoms with Crippen LogP contribution < -0.4 is 0 Å². The molecule has 1 saturated heterocycles. The van der Waals surface area contributed by atoms with E-state index in [1.807, 2.05) is 35.2 Å². The van der Waals surface area contributed by atoms with Crippen LogP contribution in [0.1, 0.15) is 31.2 Å². The Kier molecular flexibility index (Phi) is 4.23. The topological polar surface area (TPSA) is 46.6 Å². The number of amides is 1. The maximum atomic E-state index is 12.2. The summed E-state index contributed by atoms with van der Waals surface area (Å²) in [7, 11) is 0. The minimum absolute atomic E-state index is 0.162. The molecule has 1 heterocycles. The molecule has 0 radical (unpaired) electrons. The lowest BCUT2D eigenvalue weighted by atomic mass is 9.98. The molecule has 2 aliphatic rings. The van der Waals surface area contributed by atoms with E-state index >= 15 is 0 Å². The molecule has 1 aliphatic heterocycles. The molecule has 0 N–H and O–H groups in total. The first-order valence-corrected chi connectivity index (χ1v) is 7.73. The molecule has 1 saturated carbocycles. The largest absolute Gasteiger partial charge is 0.461 e. The van der Waals surface area contributed by atoms with Crippen molar-refractivity contribution in [3.05, 3.63) is 35.9 Å². The summed E-state index contributed by atoms with van der Waals surface area (Å²) < 4.78 is 5.39. The molecular formula is C17H21NO3. The average molecular weight is 287 g/mol. The van der Waals surface area contributed by atoms with Gasteiger partial charge in [0.05, 0.1) is 5.92 Å². The van der Waals surface area contributed by atoms with Gasteiger partial charge in [0.15, 0.2) is 0 Å². The van der Waals surface area contributed by atoms with Crippen molar-refractivity contribution in [2.24, 2.45) is 11.8 Å². The third-order valence-corrected chi connectivity index (χ3v) is 4.22. The molecule has 1 atom stereocenters. The van der Waals surface area contributed by atoms with Gasteiger partial charge in [-0.1, -0.05) is 30.3 Å². The van der Waals surface area contributed by atoms with Crippen LogP contribution in [-0.4, -0.2) is 29.9 Å². The fourth-order valence-corrected chi connectivity index (χ4v) is 2.80. The van der Waals surface area contributed by atoms with E-state index in [1.165, 1.54) is 0 Å². The lowest BCUT2D eigenvalue weighted by Crippen LogP contribution is -2.43. The third-order valence-electron chi connectivity index (χ3n) is 4.22. The van der Waals surface area contributed by atoms with Gasteiger partial charge in [-0.05, 0) is 31.2 Å². The number of ether oxygens (including phenoxy) is 1. The number of piperidine rings is 1. The number of carbonyl (C=O) groups excluding carboxylic acids is 2. The minimum Gasteiger partial charge on any atom is -0.461 e. The predicted molar refractivity (Wildman–Crippen MR) is 78.3 cm³/mol. The summed E-state index contributed by atoms with van der Waals surface area (Å²) >= 11 is 0. The number of hydrogen-bond acceptors (Lipinski definition) is 3. The van der Waals surface area contributed by atoms with Gasteiger partial charge in [-0.25, -0.2) is 0 Å². The second-order valence-electron chi connectivity index (χ2n) is 5.99. The van der Waals surface area contributed by atoms with Crippen molar-refractivity contribution in [2.75, 3.05) is 13.1 Å². The molecule has 112 valence electrons. The molecule has 4 nitrogen and oxygen atoms in total. The zero-order valence-corrected chi connectivity index (χ0v) is 12.2. The van der Waals surface area contributed by atoms with Crippen LogP contribution >= 0.6 is 0 Å². The number of hydrogen-bond donors (Lipinski definition) is 0. The SMILES string of the molecule is O=C(OCc1ccccc1)C1CCCN(C(=O)C2CC2)C1. The summed E-state index contributed by atoms with van der Waals surface area (Å²) in [4.78, 5) is 26.1. The summed E-state index contributed by atoms with van der Waals surface area (Å²) in [6.07, 6.45) is 3.74. The summed E-state index contributed by atoms with van der Waals surface area (Å²) in [6, 6.07) is 9.68. The van der Waals surface area contributed by atoms with Crippen LogP contribution in [0.5, 0.6) is 0 Å². The first-order chi connectivity index (χ1) is 10.2. The predicted octanol–water partition coefficient (Wildman–Crippen LogP) is 2.38. The highest BCUT2D eigenvalue weighted by Crippen LogP contribution is 2.32.